The highest BCUT2D eigenvalue weighted by molar-refractivity contribution is 7.92. The lowest BCUT2D eigenvalue weighted by Gasteiger charge is -2.33. The van der Waals surface area contributed by atoms with Crippen LogP contribution in [-0.2, 0) is 22.9 Å². The summed E-state index contributed by atoms with van der Waals surface area (Å²) in [6.45, 7) is -3.44. The zero-order valence-corrected chi connectivity index (χ0v) is 15.5. The van der Waals surface area contributed by atoms with Crippen LogP contribution in [0, 0.1) is 11.6 Å². The molecule has 1 heterocycles. The van der Waals surface area contributed by atoms with Crippen LogP contribution in [0.5, 0.6) is 5.75 Å². The lowest BCUT2D eigenvalue weighted by atomic mass is 9.83. The van der Waals surface area contributed by atoms with E-state index in [2.05, 4.69) is 9.72 Å². The number of rotatable bonds is 5. The monoisotopic (exact) mass is 462 g/mol. The van der Waals surface area contributed by atoms with Gasteiger partial charge in [-0.15, -0.1) is 0 Å². The number of hydrogen-bond acceptors (Lipinski definition) is 4. The number of anilines is 1. The summed E-state index contributed by atoms with van der Waals surface area (Å²) in [5.41, 5.74) is -4.18. The average Bonchev–Trinajstić information content (AvgIpc) is 3.01. The van der Waals surface area contributed by atoms with Gasteiger partial charge in [0.1, 0.15) is 4.90 Å². The molecule has 166 valence electrons. The number of sulfonamides is 1. The highest BCUT2D eigenvalue weighted by atomic mass is 32.2. The van der Waals surface area contributed by atoms with Gasteiger partial charge in [-0.05, 0) is 18.4 Å². The lowest BCUT2D eigenvalue weighted by Crippen LogP contribution is -2.49. The van der Waals surface area contributed by atoms with Crippen LogP contribution in [0.1, 0.15) is 17.7 Å². The molecule has 1 aromatic carbocycles. The SMILES string of the molecule is O=S(=O)(Nc1cc(F)c(OC(F)F)cc1F)c1c[nH]c2c1CC[C@@](O)(C(F)(F)F)C2. The molecule has 1 aliphatic rings. The minimum Gasteiger partial charge on any atom is -0.432 e. The molecule has 0 spiro atoms. The van der Waals surface area contributed by atoms with Gasteiger partial charge in [-0.3, -0.25) is 4.72 Å². The number of alkyl halides is 5. The summed E-state index contributed by atoms with van der Waals surface area (Å²) in [7, 11) is -4.60. The van der Waals surface area contributed by atoms with Crippen LogP contribution in [-0.4, -0.2) is 36.9 Å². The van der Waals surface area contributed by atoms with Crippen molar-refractivity contribution in [1.82, 2.24) is 4.98 Å². The van der Waals surface area contributed by atoms with Gasteiger partial charge in [0.15, 0.2) is 23.0 Å². The van der Waals surface area contributed by atoms with Crippen LogP contribution in [0.15, 0.2) is 23.2 Å². The Labute approximate surface area is 164 Å². The molecule has 6 nitrogen and oxygen atoms in total. The Kier molecular flexibility index (Phi) is 5.43. The van der Waals surface area contributed by atoms with Gasteiger partial charge in [0, 0.05) is 30.4 Å². The normalized spacial score (nSPS) is 19.6. The van der Waals surface area contributed by atoms with E-state index < -0.39 is 75.6 Å². The number of aromatic amines is 1. The van der Waals surface area contributed by atoms with E-state index in [0.717, 1.165) is 6.20 Å². The molecule has 0 unspecified atom stereocenters. The molecule has 1 atom stereocenters. The van der Waals surface area contributed by atoms with Crippen LogP contribution >= 0.6 is 0 Å². The first-order chi connectivity index (χ1) is 13.7. The van der Waals surface area contributed by atoms with E-state index in [-0.39, 0.29) is 23.4 Å². The molecule has 0 fully saturated rings. The number of hydrogen-bond donors (Lipinski definition) is 3. The van der Waals surface area contributed by atoms with Crippen molar-refractivity contribution in [2.75, 3.05) is 4.72 Å². The number of halogens is 7. The fraction of sp³-hybridized carbons (Fsp3) is 0.375. The summed E-state index contributed by atoms with van der Waals surface area (Å²) in [6, 6.07) is 0.501. The van der Waals surface area contributed by atoms with Crippen LogP contribution in [0.3, 0.4) is 0 Å². The fourth-order valence-electron chi connectivity index (χ4n) is 3.09. The standard InChI is InChI=1S/C16H13F7N2O4S/c17-8-4-12(29-14(19)20)9(18)3-10(8)25-30(27,28)13-6-24-11-5-15(26,16(21,22)23)2-1-7(11)13/h3-4,6,14,24-26H,1-2,5H2/t15-/m0/s1. The van der Waals surface area contributed by atoms with Crippen LogP contribution in [0.2, 0.25) is 0 Å². The maximum absolute atomic E-state index is 14.0. The molecular formula is C16H13F7N2O4S. The summed E-state index contributed by atoms with van der Waals surface area (Å²) in [5, 5.41) is 9.79. The summed E-state index contributed by atoms with van der Waals surface area (Å²) >= 11 is 0. The Morgan fingerprint density at radius 3 is 2.47 bits per heavy atom. The smallest absolute Gasteiger partial charge is 0.417 e. The van der Waals surface area contributed by atoms with Crippen molar-refractivity contribution in [3.8, 4) is 5.75 Å². The number of fused-ring (bicyclic) bond motifs is 1. The van der Waals surface area contributed by atoms with Gasteiger partial charge in [-0.25, -0.2) is 17.2 Å². The van der Waals surface area contributed by atoms with Crippen molar-refractivity contribution in [1.29, 1.82) is 0 Å². The van der Waals surface area contributed by atoms with Crippen LogP contribution < -0.4 is 9.46 Å². The highest BCUT2D eigenvalue weighted by Crippen LogP contribution is 2.42. The summed E-state index contributed by atoms with van der Waals surface area (Å²) < 4.78 is 122. The van der Waals surface area contributed by atoms with E-state index >= 15 is 0 Å². The summed E-state index contributed by atoms with van der Waals surface area (Å²) in [6.07, 6.45) is -6.24. The van der Waals surface area contributed by atoms with E-state index in [9.17, 15) is 44.3 Å². The first kappa shape index (κ1) is 22.2. The second-order valence-electron chi connectivity index (χ2n) is 6.56. The largest absolute Gasteiger partial charge is 0.432 e. The number of H-pyrrole nitrogens is 1. The number of benzene rings is 1. The van der Waals surface area contributed by atoms with Gasteiger partial charge in [0.2, 0.25) is 0 Å². The number of ether oxygens (including phenoxy) is 1. The van der Waals surface area contributed by atoms with Crippen molar-refractivity contribution in [2.45, 2.75) is 42.5 Å². The third-order valence-electron chi connectivity index (χ3n) is 4.60. The summed E-state index contributed by atoms with van der Waals surface area (Å²) in [5.74, 6) is -4.04. The Balaban J connectivity index is 1.90. The van der Waals surface area contributed by atoms with Gasteiger partial charge >= 0.3 is 12.8 Å². The fourth-order valence-corrected chi connectivity index (χ4v) is 4.41. The van der Waals surface area contributed by atoms with Crippen LogP contribution in [0.4, 0.5) is 36.4 Å². The van der Waals surface area contributed by atoms with E-state index in [0.29, 0.717) is 0 Å². The Morgan fingerprint density at radius 2 is 1.87 bits per heavy atom. The average molecular weight is 462 g/mol. The van der Waals surface area contributed by atoms with Gasteiger partial charge in [-0.2, -0.15) is 22.0 Å². The molecule has 0 radical (unpaired) electrons. The molecule has 0 saturated heterocycles. The minimum absolute atomic E-state index is 0.0463. The predicted molar refractivity (Wildman–Crippen MR) is 87.6 cm³/mol. The maximum atomic E-state index is 14.0. The Hall–Kier alpha value is -2.48. The molecule has 0 saturated carbocycles. The van der Waals surface area contributed by atoms with E-state index in [1.165, 1.54) is 0 Å². The molecule has 14 heteroatoms. The Morgan fingerprint density at radius 1 is 1.20 bits per heavy atom. The quantitative estimate of drug-likeness (QED) is 0.594. The predicted octanol–water partition coefficient (Wildman–Crippen LogP) is 3.48. The highest BCUT2D eigenvalue weighted by Gasteiger charge is 2.55. The zero-order chi connectivity index (χ0) is 22.5. The molecular weight excluding hydrogens is 449 g/mol. The molecule has 1 aliphatic carbocycles. The first-order valence-corrected chi connectivity index (χ1v) is 9.67. The molecule has 3 N–H and O–H groups in total. The van der Waals surface area contributed by atoms with Crippen molar-refractivity contribution < 1.29 is 49.0 Å². The number of nitrogens with one attached hydrogen (secondary N) is 2. The molecule has 30 heavy (non-hydrogen) atoms. The minimum atomic E-state index is -4.93. The van der Waals surface area contributed by atoms with Crippen molar-refractivity contribution in [3.63, 3.8) is 0 Å². The second-order valence-corrected chi connectivity index (χ2v) is 8.21. The molecule has 2 aromatic rings. The van der Waals surface area contributed by atoms with Gasteiger partial charge in [0.25, 0.3) is 10.0 Å². The number of aromatic nitrogens is 1. The molecule has 0 amide bonds. The van der Waals surface area contributed by atoms with Crippen molar-refractivity contribution >= 4 is 15.7 Å². The second kappa shape index (κ2) is 7.34. The molecule has 0 aliphatic heterocycles. The first-order valence-electron chi connectivity index (χ1n) is 8.18. The third kappa shape index (κ3) is 4.05. The maximum Gasteiger partial charge on any atom is 0.417 e. The van der Waals surface area contributed by atoms with Crippen LogP contribution in [0.25, 0.3) is 0 Å². The van der Waals surface area contributed by atoms with Crippen molar-refractivity contribution in [3.05, 3.63) is 41.2 Å². The third-order valence-corrected chi connectivity index (χ3v) is 6.03. The van der Waals surface area contributed by atoms with E-state index in [1.807, 2.05) is 0 Å². The summed E-state index contributed by atoms with van der Waals surface area (Å²) in [4.78, 5) is 1.83. The molecule has 0 bridgehead atoms. The van der Waals surface area contributed by atoms with Gasteiger partial charge < -0.3 is 14.8 Å². The topological polar surface area (TPSA) is 91.4 Å². The van der Waals surface area contributed by atoms with Crippen molar-refractivity contribution in [2.24, 2.45) is 0 Å². The van der Waals surface area contributed by atoms with E-state index in [4.69, 9.17) is 0 Å². The molecule has 3 rings (SSSR count). The Bertz CT molecular complexity index is 1070. The van der Waals surface area contributed by atoms with Gasteiger partial charge in [0.05, 0.1) is 5.69 Å². The zero-order valence-electron chi connectivity index (χ0n) is 14.7. The molecule has 1 aromatic heterocycles. The van der Waals surface area contributed by atoms with Gasteiger partial charge in [-0.1, -0.05) is 0 Å². The lowest BCUT2D eigenvalue weighted by molar-refractivity contribution is -0.263. The number of aliphatic hydroxyl groups is 1. The van der Waals surface area contributed by atoms with E-state index in [1.54, 1.807) is 4.72 Å².